The monoisotopic (exact) mass is 382 g/mol. The average molecular weight is 382 g/mol. The maximum absolute atomic E-state index is 14.1. The van der Waals surface area contributed by atoms with Gasteiger partial charge in [0.1, 0.15) is 11.9 Å². The highest BCUT2D eigenvalue weighted by Gasteiger charge is 2.32. The predicted molar refractivity (Wildman–Crippen MR) is 101 cm³/mol. The Morgan fingerprint density at radius 3 is 2.89 bits per heavy atom. The molecule has 1 fully saturated rings. The molecule has 3 aromatic rings. The molecule has 4 rings (SSSR count). The summed E-state index contributed by atoms with van der Waals surface area (Å²) in [5.74, 6) is -1.20. The number of benzene rings is 1. The van der Waals surface area contributed by atoms with Gasteiger partial charge in [0.25, 0.3) is 11.6 Å². The van der Waals surface area contributed by atoms with Gasteiger partial charge in [-0.05, 0) is 44.9 Å². The number of nitrogens with zero attached hydrogens (tertiary/aromatic N) is 3. The van der Waals surface area contributed by atoms with Gasteiger partial charge in [-0.15, -0.1) is 0 Å². The van der Waals surface area contributed by atoms with Gasteiger partial charge < -0.3 is 14.7 Å². The van der Waals surface area contributed by atoms with Crippen molar-refractivity contribution in [2.24, 2.45) is 0 Å². The minimum Gasteiger partial charge on any atom is -0.340 e. The van der Waals surface area contributed by atoms with Crippen molar-refractivity contribution in [1.29, 1.82) is 0 Å². The van der Waals surface area contributed by atoms with Crippen molar-refractivity contribution in [2.75, 3.05) is 11.4 Å². The number of aromatic nitrogens is 2. The van der Waals surface area contributed by atoms with E-state index in [1.807, 2.05) is 0 Å². The first kappa shape index (κ1) is 18.1. The number of amides is 2. The number of halogens is 1. The number of aryl methyl sites for hydroxylation is 2. The van der Waals surface area contributed by atoms with E-state index in [-0.39, 0.29) is 17.3 Å². The second kappa shape index (κ2) is 7.03. The second-order valence-corrected chi connectivity index (χ2v) is 6.87. The van der Waals surface area contributed by atoms with Crippen LogP contribution >= 0.6 is 0 Å². The number of para-hydroxylation sites is 1. The molecule has 0 radical (unpaired) electrons. The third kappa shape index (κ3) is 3.11. The zero-order valence-electron chi connectivity index (χ0n) is 15.5. The van der Waals surface area contributed by atoms with Crippen LogP contribution in [0.4, 0.5) is 10.1 Å². The van der Waals surface area contributed by atoms with Crippen molar-refractivity contribution in [3.63, 3.8) is 0 Å². The molecule has 0 saturated carbocycles. The number of carbonyl (C=O) groups excluding carboxylic acids is 2. The number of piperidine rings is 1. The van der Waals surface area contributed by atoms with E-state index < -0.39 is 17.8 Å². The molecular weight excluding hydrogens is 363 g/mol. The molecule has 144 valence electrons. The zero-order chi connectivity index (χ0) is 19.8. The molecule has 1 aromatic carbocycles. The topological polar surface area (TPSA) is 88.3 Å². The Morgan fingerprint density at radius 1 is 1.32 bits per heavy atom. The maximum atomic E-state index is 14.1. The summed E-state index contributed by atoms with van der Waals surface area (Å²) >= 11 is 0. The van der Waals surface area contributed by atoms with E-state index in [9.17, 15) is 14.0 Å². The number of fused-ring (bicyclic) bond motifs is 1. The lowest BCUT2D eigenvalue weighted by atomic mass is 10.0. The van der Waals surface area contributed by atoms with E-state index in [2.05, 4.69) is 15.5 Å². The van der Waals surface area contributed by atoms with Gasteiger partial charge in [0.05, 0.1) is 22.3 Å². The molecule has 2 aromatic heterocycles. The Hall–Kier alpha value is -3.29. The number of anilines is 1. The fraction of sp³-hybridized carbons (Fsp3) is 0.300. The molecule has 0 spiro atoms. The zero-order valence-corrected chi connectivity index (χ0v) is 15.5. The van der Waals surface area contributed by atoms with Crippen LogP contribution in [0.1, 0.15) is 34.6 Å². The Balaban J connectivity index is 1.61. The quantitative estimate of drug-likeness (QED) is 0.752. The number of hydrogen-bond acceptors (Lipinski definition) is 5. The highest BCUT2D eigenvalue weighted by molar-refractivity contribution is 6.08. The molecule has 28 heavy (non-hydrogen) atoms. The highest BCUT2D eigenvalue weighted by atomic mass is 19.1. The molecule has 0 aliphatic carbocycles. The molecule has 1 aliphatic heterocycles. The van der Waals surface area contributed by atoms with Crippen LogP contribution in [0, 0.1) is 19.7 Å². The number of carbonyl (C=O) groups is 2. The summed E-state index contributed by atoms with van der Waals surface area (Å²) in [5, 5.41) is 7.18. The fourth-order valence-corrected chi connectivity index (χ4v) is 3.55. The van der Waals surface area contributed by atoms with Crippen LogP contribution in [-0.4, -0.2) is 34.5 Å². The van der Waals surface area contributed by atoms with Crippen molar-refractivity contribution in [3.05, 3.63) is 53.1 Å². The first-order valence-electron chi connectivity index (χ1n) is 9.06. The van der Waals surface area contributed by atoms with E-state index in [1.165, 1.54) is 11.0 Å². The summed E-state index contributed by atoms with van der Waals surface area (Å²) in [6.45, 7) is 3.89. The van der Waals surface area contributed by atoms with Crippen LogP contribution in [-0.2, 0) is 4.79 Å². The SMILES string of the molecule is Cc1cc(C(=O)N[C@H]2CCCN(c3ccccc3F)C2=O)c2c(C)noc2n1. The smallest absolute Gasteiger partial charge is 0.258 e. The molecule has 2 amide bonds. The molecule has 7 nitrogen and oxygen atoms in total. The largest absolute Gasteiger partial charge is 0.340 e. The Morgan fingerprint density at radius 2 is 2.11 bits per heavy atom. The fourth-order valence-electron chi connectivity index (χ4n) is 3.55. The molecule has 0 unspecified atom stereocenters. The summed E-state index contributed by atoms with van der Waals surface area (Å²) in [7, 11) is 0. The van der Waals surface area contributed by atoms with E-state index in [1.54, 1.807) is 38.1 Å². The van der Waals surface area contributed by atoms with Crippen LogP contribution in [0.25, 0.3) is 11.1 Å². The van der Waals surface area contributed by atoms with Crippen molar-refractivity contribution in [3.8, 4) is 0 Å². The van der Waals surface area contributed by atoms with Crippen LogP contribution in [0.3, 0.4) is 0 Å². The third-order valence-corrected chi connectivity index (χ3v) is 4.88. The summed E-state index contributed by atoms with van der Waals surface area (Å²) in [6, 6.07) is 7.04. The van der Waals surface area contributed by atoms with Crippen molar-refractivity contribution < 1.29 is 18.5 Å². The molecule has 1 aliphatic rings. The summed E-state index contributed by atoms with van der Waals surface area (Å²) < 4.78 is 19.3. The van der Waals surface area contributed by atoms with Gasteiger partial charge >= 0.3 is 0 Å². The summed E-state index contributed by atoms with van der Waals surface area (Å²) in [6.07, 6.45) is 1.15. The highest BCUT2D eigenvalue weighted by Crippen LogP contribution is 2.25. The standard InChI is InChI=1S/C20H19FN4O3/c1-11-10-13(17-12(2)24-28-19(17)22-11)18(26)23-15-7-5-9-25(20(15)27)16-8-4-3-6-14(16)21/h3-4,6,8,10,15H,5,7,9H2,1-2H3,(H,23,26)/t15-/m0/s1. The van der Waals surface area contributed by atoms with Gasteiger partial charge in [-0.1, -0.05) is 17.3 Å². The normalized spacial score (nSPS) is 17.2. The molecular formula is C20H19FN4O3. The van der Waals surface area contributed by atoms with E-state index in [0.717, 1.165) is 0 Å². The van der Waals surface area contributed by atoms with E-state index in [0.29, 0.717) is 41.7 Å². The Labute approximate surface area is 160 Å². The predicted octanol–water partition coefficient (Wildman–Crippen LogP) is 2.90. The number of pyridine rings is 1. The van der Waals surface area contributed by atoms with Crippen molar-refractivity contribution in [1.82, 2.24) is 15.5 Å². The number of nitrogens with one attached hydrogen (secondary N) is 1. The van der Waals surface area contributed by atoms with Crippen LogP contribution in [0.2, 0.25) is 0 Å². The molecule has 1 N–H and O–H groups in total. The Kier molecular flexibility index (Phi) is 4.54. The summed E-state index contributed by atoms with van der Waals surface area (Å²) in [4.78, 5) is 31.5. The second-order valence-electron chi connectivity index (χ2n) is 6.87. The summed E-state index contributed by atoms with van der Waals surface area (Å²) in [5.41, 5.74) is 2.03. The van der Waals surface area contributed by atoms with Gasteiger partial charge in [0.2, 0.25) is 5.91 Å². The maximum Gasteiger partial charge on any atom is 0.258 e. The molecule has 0 bridgehead atoms. The molecule has 1 saturated heterocycles. The van der Waals surface area contributed by atoms with Crippen LogP contribution in [0.5, 0.6) is 0 Å². The Bertz CT molecular complexity index is 1080. The number of rotatable bonds is 3. The van der Waals surface area contributed by atoms with Gasteiger partial charge in [-0.25, -0.2) is 9.37 Å². The average Bonchev–Trinajstić information content (AvgIpc) is 3.04. The van der Waals surface area contributed by atoms with E-state index in [4.69, 9.17) is 4.52 Å². The number of hydrogen-bond donors (Lipinski definition) is 1. The first-order chi connectivity index (χ1) is 13.5. The lowest BCUT2D eigenvalue weighted by Gasteiger charge is -2.32. The minimum absolute atomic E-state index is 0.225. The van der Waals surface area contributed by atoms with Crippen molar-refractivity contribution >= 4 is 28.6 Å². The lowest BCUT2D eigenvalue weighted by Crippen LogP contribution is -2.52. The van der Waals surface area contributed by atoms with E-state index >= 15 is 0 Å². The van der Waals surface area contributed by atoms with Gasteiger partial charge in [0.15, 0.2) is 0 Å². The third-order valence-electron chi connectivity index (χ3n) is 4.88. The van der Waals surface area contributed by atoms with Crippen LogP contribution < -0.4 is 10.2 Å². The first-order valence-corrected chi connectivity index (χ1v) is 9.06. The van der Waals surface area contributed by atoms with Crippen molar-refractivity contribution in [2.45, 2.75) is 32.7 Å². The minimum atomic E-state index is -0.732. The van der Waals surface area contributed by atoms with Gasteiger partial charge in [0, 0.05) is 12.2 Å². The van der Waals surface area contributed by atoms with Gasteiger partial charge in [-0.2, -0.15) is 0 Å². The molecule has 8 heteroatoms. The molecule has 1 atom stereocenters. The lowest BCUT2D eigenvalue weighted by molar-refractivity contribution is -0.121. The van der Waals surface area contributed by atoms with Gasteiger partial charge in [-0.3, -0.25) is 9.59 Å². The molecule has 3 heterocycles. The van der Waals surface area contributed by atoms with Crippen LogP contribution in [0.15, 0.2) is 34.9 Å².